The number of hydrogen-bond acceptors (Lipinski definition) is 4. The minimum absolute atomic E-state index is 0.0109. The summed E-state index contributed by atoms with van der Waals surface area (Å²) in [6.07, 6.45) is 3.41. The number of nitrogens with zero attached hydrogens (tertiary/aromatic N) is 3. The van der Waals surface area contributed by atoms with Crippen LogP contribution in [0.15, 0.2) is 42.7 Å². The van der Waals surface area contributed by atoms with Crippen LogP contribution < -0.4 is 0 Å². The van der Waals surface area contributed by atoms with Crippen molar-refractivity contribution in [2.75, 3.05) is 18.1 Å². The number of carbonyl (C=O) groups is 1. The summed E-state index contributed by atoms with van der Waals surface area (Å²) < 4.78 is 25.8. The van der Waals surface area contributed by atoms with Gasteiger partial charge in [0.15, 0.2) is 9.84 Å². The Morgan fingerprint density at radius 3 is 2.62 bits per heavy atom. The molecule has 0 aliphatic carbocycles. The van der Waals surface area contributed by atoms with E-state index in [-0.39, 0.29) is 29.9 Å². The zero-order valence-corrected chi connectivity index (χ0v) is 14.6. The topological polar surface area (TPSA) is 72.3 Å². The molecule has 0 spiro atoms. The minimum Gasteiger partial charge on any atom is -0.333 e. The molecule has 0 bridgehead atoms. The lowest BCUT2D eigenvalue weighted by Crippen LogP contribution is -2.47. The van der Waals surface area contributed by atoms with Gasteiger partial charge in [0, 0.05) is 25.4 Å². The normalized spacial score (nSPS) is 21.4. The Kier molecular flexibility index (Phi) is 4.45. The highest BCUT2D eigenvalue weighted by atomic mass is 32.2. The summed E-state index contributed by atoms with van der Waals surface area (Å²) in [5, 5.41) is 4.12. The first-order chi connectivity index (χ1) is 11.4. The highest BCUT2D eigenvalue weighted by Gasteiger charge is 2.37. The summed E-state index contributed by atoms with van der Waals surface area (Å²) in [4.78, 5) is 14.7. The molecular formula is C17H21N3O3S. The average molecular weight is 347 g/mol. The fraction of sp³-hybridized carbons (Fsp3) is 0.412. The van der Waals surface area contributed by atoms with Gasteiger partial charge in [-0.2, -0.15) is 5.10 Å². The molecule has 1 aliphatic heterocycles. The van der Waals surface area contributed by atoms with Gasteiger partial charge in [-0.05, 0) is 12.5 Å². The van der Waals surface area contributed by atoms with Gasteiger partial charge in [0.1, 0.15) is 0 Å². The van der Waals surface area contributed by atoms with E-state index in [1.54, 1.807) is 29.0 Å². The SMILES string of the molecule is C[C@@H](C(=O)N1CCS(=O)(=O)C[C@H]1c1cnn(C)c1)c1ccccc1. The van der Waals surface area contributed by atoms with E-state index in [2.05, 4.69) is 5.10 Å². The van der Waals surface area contributed by atoms with Crippen LogP contribution in [-0.2, 0) is 21.7 Å². The summed E-state index contributed by atoms with van der Waals surface area (Å²) in [6.45, 7) is 2.08. The predicted molar refractivity (Wildman–Crippen MR) is 91.2 cm³/mol. The first-order valence-corrected chi connectivity index (χ1v) is 9.74. The quantitative estimate of drug-likeness (QED) is 0.844. The van der Waals surface area contributed by atoms with Crippen molar-refractivity contribution in [3.05, 3.63) is 53.9 Å². The lowest BCUT2D eigenvalue weighted by atomic mass is 9.98. The van der Waals surface area contributed by atoms with Crippen molar-refractivity contribution in [1.82, 2.24) is 14.7 Å². The van der Waals surface area contributed by atoms with E-state index in [4.69, 9.17) is 0 Å². The maximum absolute atomic E-state index is 13.0. The predicted octanol–water partition coefficient (Wildman–Crippen LogP) is 1.52. The molecule has 24 heavy (non-hydrogen) atoms. The van der Waals surface area contributed by atoms with Gasteiger partial charge in [-0.25, -0.2) is 8.42 Å². The molecule has 2 heterocycles. The van der Waals surface area contributed by atoms with E-state index in [9.17, 15) is 13.2 Å². The number of aryl methyl sites for hydroxylation is 1. The summed E-state index contributed by atoms with van der Waals surface area (Å²) in [7, 11) is -1.38. The maximum atomic E-state index is 13.0. The Balaban J connectivity index is 1.90. The van der Waals surface area contributed by atoms with E-state index in [0.717, 1.165) is 11.1 Å². The molecule has 3 rings (SSSR count). The van der Waals surface area contributed by atoms with Gasteiger partial charge in [-0.3, -0.25) is 9.48 Å². The average Bonchev–Trinajstić information content (AvgIpc) is 3.00. The van der Waals surface area contributed by atoms with Crippen molar-refractivity contribution >= 4 is 15.7 Å². The molecule has 6 nitrogen and oxygen atoms in total. The zero-order valence-electron chi connectivity index (χ0n) is 13.8. The van der Waals surface area contributed by atoms with E-state index < -0.39 is 15.9 Å². The van der Waals surface area contributed by atoms with Crippen LogP contribution in [-0.4, -0.2) is 47.1 Å². The number of amides is 1. The van der Waals surface area contributed by atoms with Crippen LogP contribution in [0.5, 0.6) is 0 Å². The number of benzene rings is 1. The molecule has 1 amide bonds. The fourth-order valence-electron chi connectivity index (χ4n) is 3.09. The summed E-state index contributed by atoms with van der Waals surface area (Å²) in [6, 6.07) is 9.07. The lowest BCUT2D eigenvalue weighted by Gasteiger charge is -2.36. The molecule has 7 heteroatoms. The molecule has 2 aromatic rings. The molecule has 1 fully saturated rings. The number of aromatic nitrogens is 2. The van der Waals surface area contributed by atoms with Crippen LogP contribution in [0.25, 0.3) is 0 Å². The van der Waals surface area contributed by atoms with Crippen LogP contribution in [0.4, 0.5) is 0 Å². The molecule has 1 aliphatic rings. The van der Waals surface area contributed by atoms with Gasteiger partial charge >= 0.3 is 0 Å². The smallest absolute Gasteiger partial charge is 0.230 e. The Labute approximate surface area is 142 Å². The third-order valence-electron chi connectivity index (χ3n) is 4.49. The van der Waals surface area contributed by atoms with Crippen molar-refractivity contribution in [2.45, 2.75) is 18.9 Å². The lowest BCUT2D eigenvalue weighted by molar-refractivity contribution is -0.134. The molecule has 0 N–H and O–H groups in total. The van der Waals surface area contributed by atoms with Gasteiger partial charge in [0.05, 0.1) is 29.7 Å². The highest BCUT2D eigenvalue weighted by molar-refractivity contribution is 7.91. The van der Waals surface area contributed by atoms with Crippen LogP contribution in [0.1, 0.15) is 30.0 Å². The third-order valence-corrected chi connectivity index (χ3v) is 6.12. The summed E-state index contributed by atoms with van der Waals surface area (Å²) >= 11 is 0. The molecule has 0 unspecified atom stereocenters. The highest BCUT2D eigenvalue weighted by Crippen LogP contribution is 2.30. The third kappa shape index (κ3) is 3.36. The second kappa shape index (κ2) is 6.39. The van der Waals surface area contributed by atoms with E-state index in [0.29, 0.717) is 0 Å². The molecule has 128 valence electrons. The monoisotopic (exact) mass is 347 g/mol. The fourth-order valence-corrected chi connectivity index (χ4v) is 4.59. The second-order valence-electron chi connectivity index (χ2n) is 6.24. The van der Waals surface area contributed by atoms with Crippen LogP contribution in [0.2, 0.25) is 0 Å². The molecule has 1 saturated heterocycles. The standard InChI is InChI=1S/C17H21N3O3S/c1-13(14-6-4-3-5-7-14)17(21)20-8-9-24(22,23)12-16(20)15-10-18-19(2)11-15/h3-7,10-11,13,16H,8-9,12H2,1-2H3/t13-,16+/m1/s1. The molecule has 1 aromatic carbocycles. The van der Waals surface area contributed by atoms with Gasteiger partial charge in [-0.1, -0.05) is 30.3 Å². The molecule has 0 saturated carbocycles. The van der Waals surface area contributed by atoms with Crippen molar-refractivity contribution < 1.29 is 13.2 Å². The largest absolute Gasteiger partial charge is 0.333 e. The summed E-state index contributed by atoms with van der Waals surface area (Å²) in [5.74, 6) is -0.403. The number of carbonyl (C=O) groups excluding carboxylic acids is 1. The van der Waals surface area contributed by atoms with Gasteiger partial charge in [0.2, 0.25) is 5.91 Å². The van der Waals surface area contributed by atoms with Gasteiger partial charge in [0.25, 0.3) is 0 Å². The number of rotatable bonds is 3. The molecule has 0 radical (unpaired) electrons. The molecular weight excluding hydrogens is 326 g/mol. The Morgan fingerprint density at radius 1 is 1.29 bits per heavy atom. The van der Waals surface area contributed by atoms with Crippen molar-refractivity contribution in [3.8, 4) is 0 Å². The Hall–Kier alpha value is -2.15. The first-order valence-electron chi connectivity index (χ1n) is 7.92. The summed E-state index contributed by atoms with van der Waals surface area (Å²) in [5.41, 5.74) is 1.69. The van der Waals surface area contributed by atoms with Crippen molar-refractivity contribution in [2.24, 2.45) is 7.05 Å². The van der Waals surface area contributed by atoms with Crippen LogP contribution >= 0.6 is 0 Å². The number of hydrogen-bond donors (Lipinski definition) is 0. The maximum Gasteiger partial charge on any atom is 0.230 e. The van der Waals surface area contributed by atoms with E-state index >= 15 is 0 Å². The molecule has 2 atom stereocenters. The van der Waals surface area contributed by atoms with Gasteiger partial charge < -0.3 is 4.90 Å². The Bertz CT molecular complexity index is 830. The van der Waals surface area contributed by atoms with E-state index in [1.165, 1.54) is 0 Å². The van der Waals surface area contributed by atoms with Crippen molar-refractivity contribution in [3.63, 3.8) is 0 Å². The minimum atomic E-state index is -3.16. The van der Waals surface area contributed by atoms with Crippen LogP contribution in [0.3, 0.4) is 0 Å². The first kappa shape index (κ1) is 16.7. The van der Waals surface area contributed by atoms with Crippen molar-refractivity contribution in [1.29, 1.82) is 0 Å². The van der Waals surface area contributed by atoms with Crippen LogP contribution in [0, 0.1) is 0 Å². The Morgan fingerprint density at radius 2 is 2.00 bits per heavy atom. The van der Waals surface area contributed by atoms with Gasteiger partial charge in [-0.15, -0.1) is 0 Å². The number of sulfone groups is 1. The zero-order chi connectivity index (χ0) is 17.3. The second-order valence-corrected chi connectivity index (χ2v) is 8.47. The van der Waals surface area contributed by atoms with E-state index in [1.807, 2.05) is 37.3 Å². The molecule has 1 aromatic heterocycles.